The first-order valence-electron chi connectivity index (χ1n) is 5.75. The number of amides is 1. The number of nitrogens with zero attached hydrogens (tertiary/aromatic N) is 1. The molecule has 0 spiro atoms. The van der Waals surface area contributed by atoms with Crippen molar-refractivity contribution in [2.75, 3.05) is 23.7 Å². The second-order valence-corrected chi connectivity index (χ2v) is 6.14. The predicted molar refractivity (Wildman–Crippen MR) is 71.7 cm³/mol. The van der Waals surface area contributed by atoms with Crippen LogP contribution in [-0.4, -0.2) is 27.4 Å². The topological polar surface area (TPSA) is 133 Å². The summed E-state index contributed by atoms with van der Waals surface area (Å²) in [4.78, 5) is 12.9. The summed E-state index contributed by atoms with van der Waals surface area (Å²) in [6.07, 6.45) is 0.601. The van der Waals surface area contributed by atoms with E-state index in [9.17, 15) is 13.2 Å². The number of nitrogen functional groups attached to an aromatic ring is 1. The number of sulfonamides is 1. The summed E-state index contributed by atoms with van der Waals surface area (Å²) in [6, 6.07) is 4.52. The molecular formula is C11H16N4O3S. The number of rotatable bonds is 3. The maximum atomic E-state index is 11.6. The molecule has 0 aliphatic carbocycles. The van der Waals surface area contributed by atoms with Gasteiger partial charge < -0.3 is 16.4 Å². The van der Waals surface area contributed by atoms with Gasteiger partial charge in [0.05, 0.1) is 11.6 Å². The van der Waals surface area contributed by atoms with Gasteiger partial charge >= 0.3 is 0 Å². The Morgan fingerprint density at radius 1 is 1.37 bits per heavy atom. The Hall–Kier alpha value is -1.80. The minimum atomic E-state index is -3.87. The number of hydrogen-bond donors (Lipinski definition) is 3. The quantitative estimate of drug-likeness (QED) is 0.627. The fraction of sp³-hybridized carbons (Fsp3) is 0.364. The van der Waals surface area contributed by atoms with Crippen LogP contribution >= 0.6 is 0 Å². The Bertz CT molecular complexity index is 614. The minimum absolute atomic E-state index is 0.0300. The van der Waals surface area contributed by atoms with Gasteiger partial charge in [-0.2, -0.15) is 0 Å². The van der Waals surface area contributed by atoms with E-state index in [2.05, 4.69) is 0 Å². The molecule has 1 amide bonds. The molecule has 7 nitrogen and oxygen atoms in total. The van der Waals surface area contributed by atoms with Crippen LogP contribution in [0.4, 0.5) is 11.4 Å². The fourth-order valence-electron chi connectivity index (χ4n) is 2.23. The Balaban J connectivity index is 2.39. The van der Waals surface area contributed by atoms with Crippen molar-refractivity contribution in [3.63, 3.8) is 0 Å². The molecule has 0 saturated carbocycles. The first-order chi connectivity index (χ1) is 8.79. The summed E-state index contributed by atoms with van der Waals surface area (Å²) in [5, 5.41) is 5.19. The molecule has 6 N–H and O–H groups in total. The highest BCUT2D eigenvalue weighted by molar-refractivity contribution is 7.89. The summed E-state index contributed by atoms with van der Waals surface area (Å²) in [7, 11) is -3.87. The molecule has 2 rings (SSSR count). The van der Waals surface area contributed by atoms with Crippen molar-refractivity contribution < 1.29 is 13.2 Å². The summed E-state index contributed by atoms with van der Waals surface area (Å²) in [5.41, 5.74) is 11.6. The highest BCUT2D eigenvalue weighted by Crippen LogP contribution is 2.30. The lowest BCUT2D eigenvalue weighted by Crippen LogP contribution is -2.28. The molecule has 1 atom stereocenters. The molecule has 1 aromatic rings. The normalized spacial score (nSPS) is 19.6. The number of primary sulfonamides is 1. The molecule has 1 fully saturated rings. The van der Waals surface area contributed by atoms with Gasteiger partial charge in [0.15, 0.2) is 0 Å². The second kappa shape index (κ2) is 4.71. The van der Waals surface area contributed by atoms with Gasteiger partial charge in [0.2, 0.25) is 15.9 Å². The van der Waals surface area contributed by atoms with Crippen LogP contribution in [0.25, 0.3) is 0 Å². The standard InChI is InChI=1S/C11H16N4O3S/c12-8-1-2-9(10(5-8)19(14,17)18)15-4-3-7(6-15)11(13)16/h1-2,5,7H,3-4,6,12H2,(H2,13,16)(H2,14,17,18). The molecule has 0 aromatic heterocycles. The molecule has 8 heteroatoms. The zero-order chi connectivity index (χ0) is 14.2. The number of anilines is 2. The maximum absolute atomic E-state index is 11.6. The number of nitrogens with two attached hydrogens (primary N) is 3. The molecule has 104 valence electrons. The molecule has 1 aromatic carbocycles. The first kappa shape index (κ1) is 13.6. The van der Waals surface area contributed by atoms with Gasteiger partial charge in [-0.1, -0.05) is 0 Å². The maximum Gasteiger partial charge on any atom is 0.240 e. The summed E-state index contributed by atoms with van der Waals surface area (Å²) in [6.45, 7) is 0.946. The molecule has 0 bridgehead atoms. The Labute approximate surface area is 111 Å². The molecular weight excluding hydrogens is 268 g/mol. The zero-order valence-corrected chi connectivity index (χ0v) is 11.1. The lowest BCUT2D eigenvalue weighted by atomic mass is 10.1. The van der Waals surface area contributed by atoms with E-state index in [0.29, 0.717) is 30.9 Å². The van der Waals surface area contributed by atoms with Crippen LogP contribution in [0, 0.1) is 5.92 Å². The lowest BCUT2D eigenvalue weighted by Gasteiger charge is -2.21. The van der Waals surface area contributed by atoms with E-state index in [4.69, 9.17) is 16.6 Å². The van der Waals surface area contributed by atoms with Crippen molar-refractivity contribution in [2.24, 2.45) is 16.8 Å². The molecule has 0 radical (unpaired) electrons. The van der Waals surface area contributed by atoms with Gasteiger partial charge in [-0.15, -0.1) is 0 Å². The third-order valence-electron chi connectivity index (χ3n) is 3.22. The average Bonchev–Trinajstić information content (AvgIpc) is 2.77. The first-order valence-corrected chi connectivity index (χ1v) is 7.30. The number of benzene rings is 1. The van der Waals surface area contributed by atoms with E-state index in [-0.39, 0.29) is 16.7 Å². The number of carbonyl (C=O) groups is 1. The second-order valence-electron chi connectivity index (χ2n) is 4.61. The molecule has 1 heterocycles. The van der Waals surface area contributed by atoms with Gasteiger partial charge in [0.25, 0.3) is 0 Å². The number of carbonyl (C=O) groups excluding carboxylic acids is 1. The van der Waals surface area contributed by atoms with Gasteiger partial charge in [-0.3, -0.25) is 4.79 Å². The van der Waals surface area contributed by atoms with E-state index >= 15 is 0 Å². The largest absolute Gasteiger partial charge is 0.399 e. The van der Waals surface area contributed by atoms with E-state index in [1.807, 2.05) is 0 Å². The van der Waals surface area contributed by atoms with Crippen LogP contribution in [0.5, 0.6) is 0 Å². The summed E-state index contributed by atoms with van der Waals surface area (Å²) in [5.74, 6) is -0.652. The Kier molecular flexibility index (Phi) is 3.38. The van der Waals surface area contributed by atoms with Gasteiger partial charge in [0, 0.05) is 18.8 Å². The highest BCUT2D eigenvalue weighted by Gasteiger charge is 2.29. The molecule has 1 unspecified atom stereocenters. The monoisotopic (exact) mass is 284 g/mol. The predicted octanol–water partition coefficient (Wildman–Crippen LogP) is -0.772. The summed E-state index contributed by atoms with van der Waals surface area (Å²) < 4.78 is 23.2. The molecule has 19 heavy (non-hydrogen) atoms. The Morgan fingerprint density at radius 2 is 2.05 bits per heavy atom. The zero-order valence-electron chi connectivity index (χ0n) is 10.2. The van der Waals surface area contributed by atoms with Crippen LogP contribution in [0.2, 0.25) is 0 Å². The Morgan fingerprint density at radius 3 is 2.58 bits per heavy atom. The van der Waals surface area contributed by atoms with Crippen molar-refractivity contribution in [3.05, 3.63) is 18.2 Å². The van der Waals surface area contributed by atoms with Crippen LogP contribution in [0.1, 0.15) is 6.42 Å². The average molecular weight is 284 g/mol. The third kappa shape index (κ3) is 2.79. The molecule has 1 saturated heterocycles. The third-order valence-corrected chi connectivity index (χ3v) is 4.16. The van der Waals surface area contributed by atoms with Crippen LogP contribution in [-0.2, 0) is 14.8 Å². The number of primary amides is 1. The van der Waals surface area contributed by atoms with E-state index in [0.717, 1.165) is 0 Å². The van der Waals surface area contributed by atoms with Crippen molar-refractivity contribution in [1.82, 2.24) is 0 Å². The van der Waals surface area contributed by atoms with Crippen molar-refractivity contribution in [2.45, 2.75) is 11.3 Å². The highest BCUT2D eigenvalue weighted by atomic mass is 32.2. The number of hydrogen-bond acceptors (Lipinski definition) is 5. The molecule has 1 aliphatic heterocycles. The van der Waals surface area contributed by atoms with E-state index < -0.39 is 10.0 Å². The van der Waals surface area contributed by atoms with Gasteiger partial charge in [-0.05, 0) is 24.6 Å². The van der Waals surface area contributed by atoms with Crippen molar-refractivity contribution >= 4 is 27.3 Å². The smallest absolute Gasteiger partial charge is 0.240 e. The SMILES string of the molecule is NC(=O)C1CCN(c2ccc(N)cc2S(N)(=O)=O)C1. The van der Waals surface area contributed by atoms with Crippen LogP contribution in [0.3, 0.4) is 0 Å². The van der Waals surface area contributed by atoms with Gasteiger partial charge in [0.1, 0.15) is 4.90 Å². The molecule has 1 aliphatic rings. The van der Waals surface area contributed by atoms with E-state index in [1.54, 1.807) is 17.0 Å². The van der Waals surface area contributed by atoms with E-state index in [1.165, 1.54) is 6.07 Å². The fourth-order valence-corrected chi connectivity index (χ4v) is 3.02. The van der Waals surface area contributed by atoms with Crippen molar-refractivity contribution in [3.8, 4) is 0 Å². The van der Waals surface area contributed by atoms with Gasteiger partial charge in [-0.25, -0.2) is 13.6 Å². The van der Waals surface area contributed by atoms with Crippen molar-refractivity contribution in [1.29, 1.82) is 0 Å². The van der Waals surface area contributed by atoms with Crippen LogP contribution in [0.15, 0.2) is 23.1 Å². The van der Waals surface area contributed by atoms with Crippen LogP contribution < -0.4 is 21.5 Å². The lowest BCUT2D eigenvalue weighted by molar-refractivity contribution is -0.121. The minimum Gasteiger partial charge on any atom is -0.399 e. The summed E-state index contributed by atoms with van der Waals surface area (Å²) >= 11 is 0.